The summed E-state index contributed by atoms with van der Waals surface area (Å²) in [6.45, 7) is 0.354. The number of hydrogen-bond acceptors (Lipinski definition) is 11. The summed E-state index contributed by atoms with van der Waals surface area (Å²) in [5.74, 6) is -0.228. The lowest BCUT2D eigenvalue weighted by molar-refractivity contribution is -0.110. The molecule has 188 valence electrons. The molecule has 3 aromatic rings. The number of amides is 1. The monoisotopic (exact) mass is 522 g/mol. The SMILES string of the molecule is COCCCS(=O)(=O)c1ccc(/C(=N\OCCCO)C(=O)Nc2nc3ccc(OC)nc3s2)cc1. The second kappa shape index (κ2) is 12.5. The van der Waals surface area contributed by atoms with Crippen LogP contribution in [-0.2, 0) is 24.2 Å². The Balaban J connectivity index is 1.82. The van der Waals surface area contributed by atoms with E-state index in [2.05, 4.69) is 20.4 Å². The molecule has 1 amide bonds. The molecule has 0 radical (unpaired) electrons. The lowest BCUT2D eigenvalue weighted by atomic mass is 10.1. The molecular weight excluding hydrogens is 496 g/mol. The minimum Gasteiger partial charge on any atom is -0.481 e. The lowest BCUT2D eigenvalue weighted by Gasteiger charge is -2.09. The second-order valence-corrected chi connectivity index (χ2v) is 10.3. The molecule has 0 saturated carbocycles. The predicted octanol–water partition coefficient (Wildman–Crippen LogP) is 2.25. The third kappa shape index (κ3) is 7.18. The van der Waals surface area contributed by atoms with Crippen LogP contribution in [0.3, 0.4) is 0 Å². The summed E-state index contributed by atoms with van der Waals surface area (Å²) in [5.41, 5.74) is 0.867. The van der Waals surface area contributed by atoms with Crippen molar-refractivity contribution in [1.29, 1.82) is 0 Å². The first-order chi connectivity index (χ1) is 16.9. The van der Waals surface area contributed by atoms with Crippen LogP contribution >= 0.6 is 11.3 Å². The molecule has 2 N–H and O–H groups in total. The molecule has 1 aromatic carbocycles. The number of ether oxygens (including phenoxy) is 2. The number of sulfone groups is 1. The first kappa shape index (κ1) is 26.5. The number of nitrogens with one attached hydrogen (secondary N) is 1. The Morgan fingerprint density at radius 3 is 2.54 bits per heavy atom. The number of thiazole rings is 1. The number of benzene rings is 1. The number of methoxy groups -OCH3 is 2. The summed E-state index contributed by atoms with van der Waals surface area (Å²) in [5, 5.41) is 15.9. The van der Waals surface area contributed by atoms with Gasteiger partial charge in [-0.1, -0.05) is 28.6 Å². The number of pyridine rings is 1. The number of anilines is 1. The Hall–Kier alpha value is -3.13. The average Bonchev–Trinajstić information content (AvgIpc) is 3.25. The van der Waals surface area contributed by atoms with E-state index in [1.165, 1.54) is 38.5 Å². The van der Waals surface area contributed by atoms with Gasteiger partial charge in [-0.2, -0.15) is 0 Å². The zero-order valence-corrected chi connectivity index (χ0v) is 20.9. The van der Waals surface area contributed by atoms with Crippen molar-refractivity contribution in [2.45, 2.75) is 17.7 Å². The van der Waals surface area contributed by atoms with Gasteiger partial charge in [0.05, 0.1) is 17.8 Å². The molecule has 0 fully saturated rings. The quantitative estimate of drug-likeness (QED) is 0.196. The van der Waals surface area contributed by atoms with Gasteiger partial charge in [0, 0.05) is 38.4 Å². The Kier molecular flexibility index (Phi) is 9.48. The molecule has 0 saturated heterocycles. The molecular formula is C22H26N4O7S2. The predicted molar refractivity (Wildman–Crippen MR) is 132 cm³/mol. The van der Waals surface area contributed by atoms with Crippen LogP contribution in [0.1, 0.15) is 18.4 Å². The van der Waals surface area contributed by atoms with Crippen molar-refractivity contribution in [2.75, 3.05) is 45.1 Å². The van der Waals surface area contributed by atoms with E-state index in [4.69, 9.17) is 19.4 Å². The molecule has 11 nitrogen and oxygen atoms in total. The molecule has 13 heteroatoms. The third-order valence-electron chi connectivity index (χ3n) is 4.67. The van der Waals surface area contributed by atoms with Crippen LogP contribution in [0.4, 0.5) is 5.13 Å². The third-order valence-corrected chi connectivity index (χ3v) is 7.37. The molecule has 35 heavy (non-hydrogen) atoms. The minimum absolute atomic E-state index is 0.0533. The standard InChI is InChI=1S/C22H26N4O7S2/c1-31-12-4-14-35(29,30)16-7-5-15(6-8-16)19(26-33-13-3-11-27)20(28)25-22-23-17-9-10-18(32-2)24-21(17)34-22/h5-10,27H,3-4,11-14H2,1-2H3,(H,23,25,28)/b26-19+. The molecule has 0 aliphatic carbocycles. The molecule has 0 aliphatic heterocycles. The van der Waals surface area contributed by atoms with Crippen molar-refractivity contribution >= 4 is 48.3 Å². The summed E-state index contributed by atoms with van der Waals surface area (Å²) in [6, 6.07) is 9.21. The first-order valence-electron chi connectivity index (χ1n) is 10.6. The van der Waals surface area contributed by atoms with Crippen molar-refractivity contribution in [3.05, 3.63) is 42.0 Å². The van der Waals surface area contributed by atoms with Gasteiger partial charge in [0.1, 0.15) is 17.0 Å². The summed E-state index contributed by atoms with van der Waals surface area (Å²) >= 11 is 1.16. The number of fused-ring (bicyclic) bond motifs is 1. The summed E-state index contributed by atoms with van der Waals surface area (Å²) < 4.78 is 35.0. The molecule has 2 heterocycles. The zero-order chi connectivity index (χ0) is 25.3. The van der Waals surface area contributed by atoms with Crippen LogP contribution in [0, 0.1) is 0 Å². The highest BCUT2D eigenvalue weighted by atomic mass is 32.2. The van der Waals surface area contributed by atoms with Crippen molar-refractivity contribution < 1.29 is 32.6 Å². The molecule has 0 unspecified atom stereocenters. The Morgan fingerprint density at radius 2 is 1.86 bits per heavy atom. The van der Waals surface area contributed by atoms with Crippen LogP contribution in [0.15, 0.2) is 46.4 Å². The largest absolute Gasteiger partial charge is 0.481 e. The van der Waals surface area contributed by atoms with Crippen molar-refractivity contribution in [2.24, 2.45) is 5.16 Å². The number of carbonyl (C=O) groups is 1. The van der Waals surface area contributed by atoms with E-state index in [1.54, 1.807) is 12.1 Å². The van der Waals surface area contributed by atoms with Crippen LogP contribution in [0.5, 0.6) is 5.88 Å². The van der Waals surface area contributed by atoms with E-state index in [0.717, 1.165) is 11.3 Å². The number of rotatable bonds is 13. The van der Waals surface area contributed by atoms with Gasteiger partial charge in [-0.25, -0.2) is 18.4 Å². The fourth-order valence-electron chi connectivity index (χ4n) is 2.92. The van der Waals surface area contributed by atoms with Gasteiger partial charge in [-0.15, -0.1) is 0 Å². The van der Waals surface area contributed by atoms with Gasteiger partial charge in [0.15, 0.2) is 20.7 Å². The van der Waals surface area contributed by atoms with Gasteiger partial charge in [-0.3, -0.25) is 10.1 Å². The van der Waals surface area contributed by atoms with Crippen LogP contribution in [0.2, 0.25) is 0 Å². The highest BCUT2D eigenvalue weighted by Crippen LogP contribution is 2.26. The maximum atomic E-state index is 13.1. The maximum Gasteiger partial charge on any atom is 0.280 e. The molecule has 2 aromatic heterocycles. The highest BCUT2D eigenvalue weighted by molar-refractivity contribution is 7.91. The fraction of sp³-hybridized carbons (Fsp3) is 0.364. The fourth-order valence-corrected chi connectivity index (χ4v) is 5.03. The number of carbonyl (C=O) groups excluding carboxylic acids is 1. The number of hydrogen-bond donors (Lipinski definition) is 2. The van der Waals surface area contributed by atoms with E-state index in [9.17, 15) is 13.2 Å². The van der Waals surface area contributed by atoms with Crippen LogP contribution < -0.4 is 10.1 Å². The number of aliphatic hydroxyl groups excluding tert-OH is 1. The normalized spacial score (nSPS) is 12.0. The summed E-state index contributed by atoms with van der Waals surface area (Å²) in [7, 11) is -0.475. The second-order valence-electron chi connectivity index (χ2n) is 7.19. The van der Waals surface area contributed by atoms with E-state index < -0.39 is 15.7 Å². The van der Waals surface area contributed by atoms with Crippen LogP contribution in [-0.4, -0.2) is 74.9 Å². The Bertz CT molecular complexity index is 1270. The van der Waals surface area contributed by atoms with E-state index in [0.29, 0.717) is 46.4 Å². The molecule has 0 spiro atoms. The van der Waals surface area contributed by atoms with E-state index in [-0.39, 0.29) is 29.6 Å². The topological polar surface area (TPSA) is 149 Å². The van der Waals surface area contributed by atoms with Crippen molar-refractivity contribution in [1.82, 2.24) is 9.97 Å². The smallest absolute Gasteiger partial charge is 0.280 e. The van der Waals surface area contributed by atoms with Gasteiger partial charge >= 0.3 is 0 Å². The van der Waals surface area contributed by atoms with Gasteiger partial charge in [0.2, 0.25) is 5.88 Å². The number of nitrogens with zero attached hydrogens (tertiary/aromatic N) is 3. The molecule has 0 bridgehead atoms. The molecule has 0 atom stereocenters. The first-order valence-corrected chi connectivity index (χ1v) is 13.1. The number of aliphatic hydroxyl groups is 1. The summed E-state index contributed by atoms with van der Waals surface area (Å²) in [6.07, 6.45) is 0.708. The number of aromatic nitrogens is 2. The molecule has 0 aliphatic rings. The van der Waals surface area contributed by atoms with Gasteiger partial charge in [0.25, 0.3) is 5.91 Å². The minimum atomic E-state index is -3.49. The van der Waals surface area contributed by atoms with E-state index >= 15 is 0 Å². The van der Waals surface area contributed by atoms with Gasteiger partial charge < -0.3 is 19.4 Å². The van der Waals surface area contributed by atoms with Crippen molar-refractivity contribution in [3.63, 3.8) is 0 Å². The van der Waals surface area contributed by atoms with Crippen molar-refractivity contribution in [3.8, 4) is 5.88 Å². The Labute approximate surface area is 206 Å². The average molecular weight is 523 g/mol. The maximum absolute atomic E-state index is 13.1. The number of oxime groups is 1. The van der Waals surface area contributed by atoms with Gasteiger partial charge in [-0.05, 0) is 24.6 Å². The zero-order valence-electron chi connectivity index (χ0n) is 19.3. The summed E-state index contributed by atoms with van der Waals surface area (Å²) in [4.78, 5) is 27.6. The molecule has 3 rings (SSSR count). The highest BCUT2D eigenvalue weighted by Gasteiger charge is 2.20. The van der Waals surface area contributed by atoms with E-state index in [1.807, 2.05) is 0 Å². The Morgan fingerprint density at radius 1 is 1.09 bits per heavy atom. The van der Waals surface area contributed by atoms with Crippen LogP contribution in [0.25, 0.3) is 10.3 Å². The lowest BCUT2D eigenvalue weighted by Crippen LogP contribution is -2.24.